The Bertz CT molecular complexity index is 2820. The minimum Gasteiger partial charge on any atom is -0.360 e. The van der Waals surface area contributed by atoms with E-state index in [9.17, 15) is 0 Å². The Morgan fingerprint density at radius 1 is 0.483 bits per heavy atom. The molecule has 0 amide bonds. The summed E-state index contributed by atoms with van der Waals surface area (Å²) in [6, 6.07) is 61.0. The summed E-state index contributed by atoms with van der Waals surface area (Å²) in [6.45, 7) is 0. The molecule has 0 fully saturated rings. The van der Waals surface area contributed by atoms with Crippen LogP contribution in [0.25, 0.3) is 72.9 Å². The molecule has 0 saturated carbocycles. The smallest absolute Gasteiger partial charge is 0.160 e. The zero-order chi connectivity index (χ0) is 38.7. The van der Waals surface area contributed by atoms with Gasteiger partial charge in [0.05, 0.1) is 28.5 Å². The van der Waals surface area contributed by atoms with Gasteiger partial charge < -0.3 is 5.32 Å². The first-order chi connectivity index (χ1) is 28.7. The molecule has 0 radical (unpaired) electrons. The van der Waals surface area contributed by atoms with E-state index >= 15 is 0 Å². The van der Waals surface area contributed by atoms with E-state index in [0.717, 1.165) is 96.7 Å². The molecule has 1 unspecified atom stereocenters. The Hall–Kier alpha value is -7.50. The lowest BCUT2D eigenvalue weighted by Crippen LogP contribution is -2.33. The monoisotopic (exact) mass is 745 g/mol. The molecule has 1 aliphatic heterocycles. The van der Waals surface area contributed by atoms with Crippen LogP contribution in [0.5, 0.6) is 0 Å². The number of benzene rings is 6. The van der Waals surface area contributed by atoms with Crippen molar-refractivity contribution in [2.75, 3.05) is 0 Å². The van der Waals surface area contributed by atoms with Gasteiger partial charge in [0.2, 0.25) is 0 Å². The number of rotatable bonds is 8. The van der Waals surface area contributed by atoms with Crippen LogP contribution in [0.15, 0.2) is 211 Å². The summed E-state index contributed by atoms with van der Waals surface area (Å²) >= 11 is 0. The molecule has 0 spiro atoms. The number of allylic oxidation sites excluding steroid dienone is 4. The third-order valence-corrected chi connectivity index (χ3v) is 10.8. The lowest BCUT2D eigenvalue weighted by molar-refractivity contribution is 0.669. The second-order valence-corrected chi connectivity index (χ2v) is 14.6. The van der Waals surface area contributed by atoms with E-state index in [0.29, 0.717) is 5.82 Å². The van der Waals surface area contributed by atoms with Gasteiger partial charge in [0.15, 0.2) is 5.82 Å². The molecule has 5 heteroatoms. The second-order valence-electron chi connectivity index (χ2n) is 14.6. The van der Waals surface area contributed by atoms with Gasteiger partial charge in [-0.2, -0.15) is 0 Å². The summed E-state index contributed by atoms with van der Waals surface area (Å²) in [5.74, 6) is 0.700. The van der Waals surface area contributed by atoms with E-state index in [2.05, 4.69) is 169 Å². The van der Waals surface area contributed by atoms with Gasteiger partial charge in [-0.1, -0.05) is 182 Å². The summed E-state index contributed by atoms with van der Waals surface area (Å²) in [7, 11) is 0. The number of hydrogen-bond donors (Lipinski definition) is 1. The van der Waals surface area contributed by atoms with Gasteiger partial charge in [0.25, 0.3) is 0 Å². The minimum absolute atomic E-state index is 0.109. The summed E-state index contributed by atoms with van der Waals surface area (Å²) < 4.78 is 0. The number of fused-ring (bicyclic) bond motifs is 1. The van der Waals surface area contributed by atoms with Crippen LogP contribution in [0.2, 0.25) is 0 Å². The first-order valence-corrected chi connectivity index (χ1v) is 19.8. The van der Waals surface area contributed by atoms with E-state index in [-0.39, 0.29) is 6.17 Å². The van der Waals surface area contributed by atoms with Crippen LogP contribution in [-0.4, -0.2) is 26.8 Å². The molecule has 1 aliphatic carbocycles. The van der Waals surface area contributed by atoms with Crippen molar-refractivity contribution in [3.63, 3.8) is 0 Å². The van der Waals surface area contributed by atoms with Crippen LogP contribution in [0.1, 0.15) is 24.0 Å². The third-order valence-electron chi connectivity index (χ3n) is 10.8. The summed E-state index contributed by atoms with van der Waals surface area (Å²) in [6.07, 6.45) is 10.7. The molecule has 1 atom stereocenters. The first kappa shape index (κ1) is 35.0. The van der Waals surface area contributed by atoms with Crippen molar-refractivity contribution in [3.8, 4) is 56.4 Å². The maximum Gasteiger partial charge on any atom is 0.160 e. The molecule has 58 heavy (non-hydrogen) atoms. The number of nitrogens with one attached hydrogen (secondary N) is 1. The van der Waals surface area contributed by atoms with Crippen molar-refractivity contribution in [2.24, 2.45) is 4.99 Å². The Morgan fingerprint density at radius 3 is 1.69 bits per heavy atom. The fraction of sp³-hybridized carbons (Fsp3) is 0.0566. The average molecular weight is 746 g/mol. The first-order valence-electron chi connectivity index (χ1n) is 19.8. The van der Waals surface area contributed by atoms with Gasteiger partial charge in [-0.25, -0.2) is 15.0 Å². The maximum atomic E-state index is 5.33. The number of pyridine rings is 1. The van der Waals surface area contributed by atoms with Crippen LogP contribution in [0, 0.1) is 0 Å². The van der Waals surface area contributed by atoms with Crippen LogP contribution in [0.3, 0.4) is 0 Å². The van der Waals surface area contributed by atoms with Crippen molar-refractivity contribution < 1.29 is 0 Å². The lowest BCUT2D eigenvalue weighted by Gasteiger charge is -2.27. The van der Waals surface area contributed by atoms with Gasteiger partial charge in [-0.05, 0) is 53.1 Å². The Balaban J connectivity index is 0.992. The van der Waals surface area contributed by atoms with Crippen molar-refractivity contribution >= 4 is 22.2 Å². The summed E-state index contributed by atoms with van der Waals surface area (Å²) in [4.78, 5) is 20.6. The SMILES string of the molecule is C1=CCCC(C2N=C(c3ccc(-c4cc5ccccc5c(-c5ccc(-c6cc(-c7ccccc7)nc(-c7ccccc7)n6)cc5)n4)cc3)C=C(c3ccccc3)N2)=C1. The molecular formula is C53H39N5. The summed E-state index contributed by atoms with van der Waals surface area (Å²) in [5, 5.41) is 5.95. The van der Waals surface area contributed by atoms with Crippen LogP contribution in [-0.2, 0) is 0 Å². The van der Waals surface area contributed by atoms with Gasteiger partial charge >= 0.3 is 0 Å². The maximum absolute atomic E-state index is 5.33. The quantitative estimate of drug-likeness (QED) is 0.168. The van der Waals surface area contributed by atoms with Crippen molar-refractivity contribution in [2.45, 2.75) is 19.0 Å². The fourth-order valence-corrected chi connectivity index (χ4v) is 7.75. The topological polar surface area (TPSA) is 63.1 Å². The molecule has 1 N–H and O–H groups in total. The predicted molar refractivity (Wildman–Crippen MR) is 239 cm³/mol. The van der Waals surface area contributed by atoms with E-state index in [1.54, 1.807) is 0 Å². The number of hydrogen-bond acceptors (Lipinski definition) is 5. The molecule has 5 nitrogen and oxygen atoms in total. The molecule has 0 saturated heterocycles. The number of nitrogens with zero attached hydrogens (tertiary/aromatic N) is 4. The highest BCUT2D eigenvalue weighted by atomic mass is 15.1. The van der Waals surface area contributed by atoms with Gasteiger partial charge in [0, 0.05) is 38.9 Å². The molecule has 2 aliphatic rings. The zero-order valence-electron chi connectivity index (χ0n) is 31.8. The average Bonchev–Trinajstić information content (AvgIpc) is 3.32. The Labute approximate surface area is 338 Å². The molecule has 10 rings (SSSR count). The highest BCUT2D eigenvalue weighted by molar-refractivity contribution is 6.13. The highest BCUT2D eigenvalue weighted by Crippen LogP contribution is 2.34. The van der Waals surface area contributed by atoms with Crippen molar-refractivity contribution in [1.29, 1.82) is 0 Å². The fourth-order valence-electron chi connectivity index (χ4n) is 7.75. The van der Waals surface area contributed by atoms with Crippen LogP contribution >= 0.6 is 0 Å². The van der Waals surface area contributed by atoms with Crippen LogP contribution < -0.4 is 5.32 Å². The van der Waals surface area contributed by atoms with E-state index in [4.69, 9.17) is 19.9 Å². The predicted octanol–water partition coefficient (Wildman–Crippen LogP) is 12.4. The van der Waals surface area contributed by atoms with Crippen molar-refractivity contribution in [1.82, 2.24) is 20.3 Å². The van der Waals surface area contributed by atoms with Crippen LogP contribution in [0.4, 0.5) is 0 Å². The Morgan fingerprint density at radius 2 is 1.03 bits per heavy atom. The molecule has 6 aromatic carbocycles. The third kappa shape index (κ3) is 7.17. The van der Waals surface area contributed by atoms with E-state index < -0.39 is 0 Å². The van der Waals surface area contributed by atoms with Gasteiger partial charge in [-0.3, -0.25) is 4.99 Å². The molecule has 8 aromatic rings. The zero-order valence-corrected chi connectivity index (χ0v) is 31.8. The molecular weight excluding hydrogens is 707 g/mol. The number of aliphatic imine (C=N–C) groups is 1. The largest absolute Gasteiger partial charge is 0.360 e. The standard InChI is InChI=1S/C53H39N5/c1-5-15-36(16-6-1)47-34-49(57-52(55-47)42-19-9-3-10-20-42)39-27-25-38(26-28-39)46-33-44-23-13-14-24-45(44)51(54-46)41-31-29-40(30-32-41)50-35-48(37-17-7-2-8-18-37)56-53(58-50)43-21-11-4-12-22-43/h1-9,11-19,21-35,52,55H,10,20H2. The van der Waals surface area contributed by atoms with E-state index in [1.807, 2.05) is 36.4 Å². The normalized spacial score (nSPS) is 15.0. The summed E-state index contributed by atoms with van der Waals surface area (Å²) in [5.41, 5.74) is 14.3. The van der Waals surface area contributed by atoms with Crippen molar-refractivity contribution in [3.05, 3.63) is 217 Å². The van der Waals surface area contributed by atoms with E-state index in [1.165, 1.54) is 5.57 Å². The second kappa shape index (κ2) is 15.6. The van der Waals surface area contributed by atoms with Gasteiger partial charge in [0.1, 0.15) is 6.17 Å². The molecule has 0 bridgehead atoms. The van der Waals surface area contributed by atoms with Gasteiger partial charge in [-0.15, -0.1) is 0 Å². The Kier molecular flexibility index (Phi) is 9.38. The molecule has 2 aromatic heterocycles. The molecule has 3 heterocycles. The lowest BCUT2D eigenvalue weighted by atomic mass is 9.97. The minimum atomic E-state index is -0.109. The number of aromatic nitrogens is 3. The molecule has 276 valence electrons. The highest BCUT2D eigenvalue weighted by Gasteiger charge is 2.22.